The molecule has 6 bridgehead atoms. The number of pyridine rings is 1. The number of hydrazine groups is 1. The molecule has 0 unspecified atom stereocenters. The van der Waals surface area contributed by atoms with Crippen molar-refractivity contribution in [2.45, 2.75) is 105 Å². The minimum Gasteiger partial charge on any atom is -0.464 e. The summed E-state index contributed by atoms with van der Waals surface area (Å²) in [7, 11) is 3.28. The highest BCUT2D eigenvalue weighted by Gasteiger charge is 2.37. The van der Waals surface area contributed by atoms with Crippen LogP contribution < -0.4 is 10.7 Å². The van der Waals surface area contributed by atoms with E-state index in [4.69, 9.17) is 14.5 Å². The van der Waals surface area contributed by atoms with Gasteiger partial charge in [0.1, 0.15) is 18.1 Å². The summed E-state index contributed by atoms with van der Waals surface area (Å²) in [5.41, 5.74) is 11.1. The second kappa shape index (κ2) is 22.3. The first-order valence-electron chi connectivity index (χ1n) is 21.0. The summed E-state index contributed by atoms with van der Waals surface area (Å²) >= 11 is 0. The Kier molecular flexibility index (Phi) is 18.9. The predicted octanol–water partition coefficient (Wildman–Crippen LogP) is 6.58. The number of nitrogens with zero attached hydrogens (tertiary/aromatic N) is 5. The molecule has 3 N–H and O–H groups in total. The molecular weight excluding hydrogens is 889 g/mol. The number of benzene rings is 2. The fourth-order valence-electron chi connectivity index (χ4n) is 8.93. The summed E-state index contributed by atoms with van der Waals surface area (Å²) in [5, 5.41) is 13.9. The van der Waals surface area contributed by atoms with Gasteiger partial charge in [-0.3, -0.25) is 34.3 Å². The third kappa shape index (κ3) is 10.9. The van der Waals surface area contributed by atoms with E-state index >= 15 is 0 Å². The zero-order chi connectivity index (χ0) is 43.0. The van der Waals surface area contributed by atoms with Gasteiger partial charge in [-0.1, -0.05) is 39.8 Å². The Morgan fingerprint density at radius 2 is 1.78 bits per heavy atom. The molecule has 3 aromatic heterocycles. The fourth-order valence-corrected chi connectivity index (χ4v) is 8.93. The van der Waals surface area contributed by atoms with Gasteiger partial charge in [-0.25, -0.2) is 5.43 Å². The molecule has 3 amide bonds. The number of amides is 3. The number of ether oxygens (including phenoxy) is 2. The number of hydrogen-bond donors (Lipinski definition) is 3. The number of carbonyl (C=O) groups excluding carboxylic acids is 4. The number of aromatic nitrogens is 4. The van der Waals surface area contributed by atoms with Gasteiger partial charge >= 0.3 is 5.97 Å². The lowest BCUT2D eigenvalue weighted by Crippen LogP contribution is -2.62. The SMILES string of the molecule is CCn1c(-c2cccnc2[C@H](C)OC)c2c3cc(ccc31)-c1cc(c3cn[nH]c3c1)C[C@H](NC(=O)[C@H](C(C)C)N(C)C(C)=O)C(=O)N1CCC[C@H](N1)C(=O)OCC(C)(C)C2.S.S.S.S. The summed E-state index contributed by atoms with van der Waals surface area (Å²) < 4.78 is 14.3. The second-order valence-electron chi connectivity index (χ2n) is 17.4. The van der Waals surface area contributed by atoms with Crippen LogP contribution in [0, 0.1) is 11.3 Å². The van der Waals surface area contributed by atoms with Crippen molar-refractivity contribution in [2.24, 2.45) is 11.3 Å². The average Bonchev–Trinajstić information content (AvgIpc) is 3.83. The molecule has 350 valence electrons. The summed E-state index contributed by atoms with van der Waals surface area (Å²) in [5.74, 6) is -1.77. The maximum Gasteiger partial charge on any atom is 0.324 e. The highest BCUT2D eigenvalue weighted by molar-refractivity contribution is 7.59. The van der Waals surface area contributed by atoms with Crippen molar-refractivity contribution in [1.82, 2.24) is 40.4 Å². The summed E-state index contributed by atoms with van der Waals surface area (Å²) in [6.45, 7) is 14.7. The van der Waals surface area contributed by atoms with Crippen LogP contribution in [0.1, 0.15) is 84.2 Å². The van der Waals surface area contributed by atoms with E-state index in [-0.39, 0.29) is 84.9 Å². The Hall–Kier alpha value is -4.20. The molecule has 5 heterocycles. The molecule has 0 spiro atoms. The lowest BCUT2D eigenvalue weighted by Gasteiger charge is -2.36. The molecule has 2 aliphatic heterocycles. The number of carbonyl (C=O) groups is 4. The van der Waals surface area contributed by atoms with Gasteiger partial charge in [0.15, 0.2) is 0 Å². The topological polar surface area (TPSA) is 164 Å². The molecule has 14 nitrogen and oxygen atoms in total. The molecule has 0 aliphatic carbocycles. The Bertz CT molecular complexity index is 2460. The molecule has 1 saturated heterocycles. The van der Waals surface area contributed by atoms with Crippen molar-refractivity contribution >= 4 is 99.5 Å². The van der Waals surface area contributed by atoms with Gasteiger partial charge in [0, 0.05) is 74.1 Å². The zero-order valence-corrected chi connectivity index (χ0v) is 42.2. The quantitative estimate of drug-likeness (QED) is 0.146. The van der Waals surface area contributed by atoms with Gasteiger partial charge in [-0.05, 0) is 91.6 Å². The van der Waals surface area contributed by atoms with Crippen LogP contribution in [0.2, 0.25) is 0 Å². The number of fused-ring (bicyclic) bond motifs is 8. The smallest absolute Gasteiger partial charge is 0.324 e. The number of aromatic amines is 1. The van der Waals surface area contributed by atoms with E-state index in [1.54, 1.807) is 26.6 Å². The van der Waals surface area contributed by atoms with Gasteiger partial charge in [0.2, 0.25) is 11.8 Å². The molecular formula is C46H66N8O6S4. The number of methoxy groups -OCH3 is 1. The Morgan fingerprint density at radius 1 is 1.05 bits per heavy atom. The minimum absolute atomic E-state index is 0. The third-order valence-corrected chi connectivity index (χ3v) is 12.1. The van der Waals surface area contributed by atoms with Crippen LogP contribution in [0.4, 0.5) is 0 Å². The molecule has 64 heavy (non-hydrogen) atoms. The van der Waals surface area contributed by atoms with E-state index in [0.717, 1.165) is 61.0 Å². The lowest BCUT2D eigenvalue weighted by atomic mass is 9.84. The second-order valence-corrected chi connectivity index (χ2v) is 17.4. The van der Waals surface area contributed by atoms with E-state index in [0.29, 0.717) is 32.4 Å². The standard InChI is InChI=1S/C46H58N8O6.4H2S/c1-10-53-39-16-15-29-20-33(39)34(42(53)32-13-11-17-47-40(32)27(4)59-9)23-46(6,7)25-60-45(58)36-14-12-18-54(51-36)44(57)38(49-43(56)41(26(2)3)52(8)28(5)55)22-31-19-30(29)21-37-35(31)24-48-50-37;;;;/h11,13,15-17,19-21,24,26-27,36,38,41,51H,10,12,14,18,22-23,25H2,1-9H3,(H,48,50)(H,49,56);4*1H2/t27-,36-,38-,41-;;;;/m0..../s1. The maximum absolute atomic E-state index is 14.6. The van der Waals surface area contributed by atoms with Crippen molar-refractivity contribution in [3.05, 3.63) is 71.7 Å². The van der Waals surface area contributed by atoms with Crippen molar-refractivity contribution in [3.63, 3.8) is 0 Å². The van der Waals surface area contributed by atoms with Crippen LogP contribution in [-0.2, 0) is 48.0 Å². The number of hydrogen-bond acceptors (Lipinski definition) is 9. The minimum atomic E-state index is -1.05. The molecule has 5 aromatic rings. The summed E-state index contributed by atoms with van der Waals surface area (Å²) in [4.78, 5) is 61.4. The van der Waals surface area contributed by atoms with Crippen molar-refractivity contribution in [2.75, 3.05) is 27.3 Å². The van der Waals surface area contributed by atoms with Gasteiger partial charge in [-0.15, -0.1) is 0 Å². The number of cyclic esters (lactones) is 1. The number of likely N-dealkylation sites (N-methyl/N-ethyl adjacent to an activating group) is 1. The molecule has 0 radical (unpaired) electrons. The monoisotopic (exact) mass is 954 g/mol. The maximum atomic E-state index is 14.6. The molecule has 4 atom stereocenters. The van der Waals surface area contributed by atoms with Crippen molar-refractivity contribution in [1.29, 1.82) is 0 Å². The van der Waals surface area contributed by atoms with Crippen LogP contribution in [0.25, 0.3) is 44.2 Å². The van der Waals surface area contributed by atoms with Crippen LogP contribution >= 0.6 is 54.0 Å². The van der Waals surface area contributed by atoms with E-state index in [1.165, 1.54) is 16.8 Å². The van der Waals surface area contributed by atoms with E-state index < -0.39 is 41.3 Å². The van der Waals surface area contributed by atoms with Crippen LogP contribution in [0.3, 0.4) is 0 Å². The lowest BCUT2D eigenvalue weighted by molar-refractivity contribution is -0.155. The normalized spacial score (nSPS) is 18.3. The molecule has 2 aromatic carbocycles. The Morgan fingerprint density at radius 3 is 2.45 bits per heavy atom. The number of nitrogens with one attached hydrogen (secondary N) is 3. The summed E-state index contributed by atoms with van der Waals surface area (Å²) in [6.07, 6.45) is 5.02. The van der Waals surface area contributed by atoms with Gasteiger partial charge in [0.05, 0.1) is 35.8 Å². The number of H-pyrrole nitrogens is 1. The highest BCUT2D eigenvalue weighted by atomic mass is 32.1. The van der Waals surface area contributed by atoms with E-state index in [1.807, 2.05) is 26.8 Å². The molecule has 2 aliphatic rings. The van der Waals surface area contributed by atoms with E-state index in [9.17, 15) is 19.2 Å². The third-order valence-electron chi connectivity index (χ3n) is 12.1. The van der Waals surface area contributed by atoms with Gasteiger partial charge in [0.25, 0.3) is 5.91 Å². The van der Waals surface area contributed by atoms with Crippen molar-refractivity contribution in [3.8, 4) is 22.4 Å². The van der Waals surface area contributed by atoms with Gasteiger partial charge < -0.3 is 24.3 Å². The molecule has 7 rings (SSSR count). The zero-order valence-electron chi connectivity index (χ0n) is 38.2. The number of aryl methyl sites for hydroxylation is 1. The Balaban J connectivity index is 0.00000272. The first-order chi connectivity index (χ1) is 28.6. The van der Waals surface area contributed by atoms with Crippen LogP contribution in [0.5, 0.6) is 0 Å². The molecule has 18 heteroatoms. The first kappa shape index (κ1) is 54.1. The van der Waals surface area contributed by atoms with Gasteiger partial charge in [-0.2, -0.15) is 59.1 Å². The highest BCUT2D eigenvalue weighted by Crippen LogP contribution is 2.42. The molecule has 1 fully saturated rings. The largest absolute Gasteiger partial charge is 0.464 e. The predicted molar refractivity (Wildman–Crippen MR) is 272 cm³/mol. The Labute approximate surface area is 404 Å². The van der Waals surface area contributed by atoms with E-state index in [2.05, 4.69) is 82.7 Å². The average molecular weight is 955 g/mol. The van der Waals surface area contributed by atoms with Crippen molar-refractivity contribution < 1.29 is 28.7 Å². The fraction of sp³-hybridized carbons (Fsp3) is 0.478. The number of rotatable bonds is 8. The van der Waals surface area contributed by atoms with Crippen LogP contribution in [-0.4, -0.2) is 98.8 Å². The molecule has 0 saturated carbocycles. The first-order valence-corrected chi connectivity index (χ1v) is 21.0. The summed E-state index contributed by atoms with van der Waals surface area (Å²) in [6, 6.07) is 12.1. The van der Waals surface area contributed by atoms with Crippen LogP contribution in [0.15, 0.2) is 54.9 Å². The number of esters is 1.